The summed E-state index contributed by atoms with van der Waals surface area (Å²) in [5.74, 6) is 1.03. The number of carboxylic acid groups (broad SMARTS) is 1. The van der Waals surface area contributed by atoms with Crippen LogP contribution >= 0.6 is 11.8 Å². The van der Waals surface area contributed by atoms with Gasteiger partial charge in [0, 0.05) is 11.5 Å². The van der Waals surface area contributed by atoms with E-state index < -0.39 is 23.0 Å². The van der Waals surface area contributed by atoms with Crippen molar-refractivity contribution in [2.24, 2.45) is 11.7 Å². The zero-order valence-corrected chi connectivity index (χ0v) is 13.2. The molecule has 0 saturated carbocycles. The molecule has 0 aromatic heterocycles. The van der Waals surface area contributed by atoms with E-state index >= 15 is 0 Å². The minimum Gasteiger partial charge on any atom is -0.480 e. The Kier molecular flexibility index (Phi) is 13.1. The van der Waals surface area contributed by atoms with Crippen LogP contribution in [-0.4, -0.2) is 32.3 Å². The second kappa shape index (κ2) is 11.8. The van der Waals surface area contributed by atoms with Crippen molar-refractivity contribution >= 4 is 29.2 Å². The highest BCUT2D eigenvalue weighted by atomic mass is 32.2. The Bertz CT molecular complexity index is 269. The van der Waals surface area contributed by atoms with Gasteiger partial charge >= 0.3 is 5.97 Å². The summed E-state index contributed by atoms with van der Waals surface area (Å²) in [5, 5.41) is 9.07. The molecule has 0 spiro atoms. The third-order valence-electron chi connectivity index (χ3n) is 2.73. The quantitative estimate of drug-likeness (QED) is 0.592. The number of aliphatic carboxylic acids is 1. The fourth-order valence-corrected chi connectivity index (χ4v) is 2.41. The molecule has 0 unspecified atom stereocenters. The molecule has 0 aliphatic rings. The van der Waals surface area contributed by atoms with E-state index in [0.29, 0.717) is 6.42 Å². The van der Waals surface area contributed by atoms with Crippen LogP contribution in [0.4, 0.5) is 0 Å². The highest BCUT2D eigenvalue weighted by Gasteiger charge is 2.36. The van der Waals surface area contributed by atoms with Gasteiger partial charge in [0.25, 0.3) is 0 Å². The van der Waals surface area contributed by atoms with Crippen molar-refractivity contribution in [3.05, 3.63) is 0 Å². The Hall–Kier alpha value is -0.270. The second-order valence-electron chi connectivity index (χ2n) is 4.32. The molecule has 0 amide bonds. The number of thioether (sulfide) groups is 1. The lowest BCUT2D eigenvalue weighted by atomic mass is 9.85. The monoisotopic (exact) mass is 298 g/mol. The number of nitrogens with one attached hydrogen (secondary N) is 1. The van der Waals surface area contributed by atoms with E-state index in [2.05, 4.69) is 6.92 Å². The number of hydrogen-bond acceptors (Lipinski definition) is 5. The summed E-state index contributed by atoms with van der Waals surface area (Å²) in [5.41, 5.74) is 4.83. The Morgan fingerprint density at radius 3 is 2.33 bits per heavy atom. The highest BCUT2D eigenvalue weighted by Crippen LogP contribution is 2.21. The maximum absolute atomic E-state index is 11.0. The first-order valence-corrected chi connectivity index (χ1v) is 8.06. The van der Waals surface area contributed by atoms with E-state index in [1.807, 2.05) is 13.8 Å². The fraction of sp³-hybridized carbons (Fsp3) is 0.909. The van der Waals surface area contributed by atoms with Gasteiger partial charge in [0.05, 0.1) is 0 Å². The summed E-state index contributed by atoms with van der Waals surface area (Å²) in [7, 11) is 0. The topological polar surface area (TPSA) is 104 Å². The van der Waals surface area contributed by atoms with E-state index in [4.69, 9.17) is 19.8 Å². The van der Waals surface area contributed by atoms with Crippen LogP contribution in [0.5, 0.6) is 0 Å². The smallest absolute Gasteiger partial charge is 0.323 e. The summed E-state index contributed by atoms with van der Waals surface area (Å²) in [6, 6.07) is 0. The van der Waals surface area contributed by atoms with Crippen molar-refractivity contribution in [2.45, 2.75) is 45.6 Å². The average Bonchev–Trinajstić information content (AvgIpc) is 2.29. The third kappa shape index (κ3) is 8.77. The molecular weight excluding hydrogens is 272 g/mol. The van der Waals surface area contributed by atoms with Crippen LogP contribution in [0.25, 0.3) is 0 Å². The minimum absolute atomic E-state index is 0.0261. The molecule has 0 aliphatic heterocycles. The van der Waals surface area contributed by atoms with Gasteiger partial charge in [0.15, 0.2) is 0 Å². The van der Waals surface area contributed by atoms with Gasteiger partial charge in [0.2, 0.25) is 0 Å². The number of rotatable bonds is 8. The van der Waals surface area contributed by atoms with Crippen LogP contribution in [0.2, 0.25) is 0 Å². The molecule has 0 bridgehead atoms. The van der Waals surface area contributed by atoms with Crippen LogP contribution in [-0.2, 0) is 16.3 Å². The molecule has 0 saturated heterocycles. The Morgan fingerprint density at radius 1 is 1.50 bits per heavy atom. The van der Waals surface area contributed by atoms with Crippen molar-refractivity contribution in [3.63, 3.8) is 0 Å². The van der Waals surface area contributed by atoms with Gasteiger partial charge < -0.3 is 10.8 Å². The number of hydrogen-bond donors (Lipinski definition) is 3. The van der Waals surface area contributed by atoms with Gasteiger partial charge in [-0.05, 0) is 30.3 Å². The van der Waals surface area contributed by atoms with Crippen LogP contribution in [0.1, 0.15) is 40.0 Å². The molecule has 18 heavy (non-hydrogen) atoms. The number of unbranched alkanes of at least 4 members (excludes halogenated alkanes) is 1. The predicted octanol–water partition coefficient (Wildman–Crippen LogP) is 1.77. The third-order valence-corrected chi connectivity index (χ3v) is 3.80. The van der Waals surface area contributed by atoms with Crippen molar-refractivity contribution in [1.29, 1.82) is 4.78 Å². The predicted molar refractivity (Wildman–Crippen MR) is 79.9 cm³/mol. The maximum atomic E-state index is 11.0. The lowest BCUT2D eigenvalue weighted by Crippen LogP contribution is -2.52. The van der Waals surface area contributed by atoms with Crippen LogP contribution in [0.15, 0.2) is 0 Å². The Labute approximate surface area is 117 Å². The molecule has 7 heteroatoms. The van der Waals surface area contributed by atoms with Crippen molar-refractivity contribution in [3.8, 4) is 0 Å². The normalized spacial score (nSPS) is 14.3. The molecule has 5 nitrogen and oxygen atoms in total. The lowest BCUT2D eigenvalue weighted by Gasteiger charge is -2.28. The zero-order valence-electron chi connectivity index (χ0n) is 11.4. The molecular formula is C11H26N2O3S2. The molecule has 1 atom stereocenters. The lowest BCUT2D eigenvalue weighted by molar-refractivity contribution is -0.145. The van der Waals surface area contributed by atoms with Crippen LogP contribution < -0.4 is 5.73 Å². The van der Waals surface area contributed by atoms with Crippen LogP contribution in [0, 0.1) is 10.7 Å². The fourth-order valence-electron chi connectivity index (χ4n) is 1.23. The van der Waals surface area contributed by atoms with Gasteiger partial charge in [-0.3, -0.25) is 13.8 Å². The molecule has 0 rings (SSSR count). The molecule has 4 N–H and O–H groups in total. The molecule has 0 aliphatic carbocycles. The molecule has 0 fully saturated rings. The van der Waals surface area contributed by atoms with Gasteiger partial charge in [0.1, 0.15) is 5.54 Å². The van der Waals surface area contributed by atoms with Crippen molar-refractivity contribution < 1.29 is 14.1 Å². The van der Waals surface area contributed by atoms with E-state index in [-0.39, 0.29) is 5.92 Å². The minimum atomic E-state index is -1.06. The molecule has 110 valence electrons. The number of carbonyl (C=O) groups is 1. The van der Waals surface area contributed by atoms with E-state index in [0.717, 1.165) is 11.5 Å². The van der Waals surface area contributed by atoms with E-state index in [9.17, 15) is 4.79 Å². The molecule has 0 radical (unpaired) electrons. The maximum Gasteiger partial charge on any atom is 0.323 e. The first-order chi connectivity index (χ1) is 8.36. The van der Waals surface area contributed by atoms with E-state index in [1.165, 1.54) is 12.8 Å². The molecule has 0 aromatic rings. The second-order valence-corrected chi connectivity index (χ2v) is 5.75. The summed E-state index contributed by atoms with van der Waals surface area (Å²) in [6.07, 6.45) is 2.93. The summed E-state index contributed by atoms with van der Waals surface area (Å²) in [4.78, 5) is 11.0. The highest BCUT2D eigenvalue weighted by molar-refractivity contribution is 7.99. The SMILES string of the molecule is CCCCSCC[C@](N)(C(=O)O)C(C)C.N=[SH2]=O. The Morgan fingerprint density at radius 2 is 2.00 bits per heavy atom. The average molecular weight is 298 g/mol. The summed E-state index contributed by atoms with van der Waals surface area (Å²) in [6.45, 7) is 5.88. The zero-order chi connectivity index (χ0) is 14.6. The Balaban J connectivity index is 0. The first-order valence-electron chi connectivity index (χ1n) is 6.00. The standard InChI is InChI=1S/C11H23NO2S.H3NOS/c1-4-5-7-15-8-6-11(12,9(2)3)10(13)14;1-3-2/h9H,4-8,12H2,1-3H3,(H,13,14);1H,3H2/t11-;/m1./s1. The first kappa shape index (κ1) is 20.1. The van der Waals surface area contributed by atoms with Crippen molar-refractivity contribution in [2.75, 3.05) is 11.5 Å². The number of carboxylic acids is 1. The van der Waals surface area contributed by atoms with Gasteiger partial charge in [-0.1, -0.05) is 27.2 Å². The van der Waals surface area contributed by atoms with E-state index in [1.54, 1.807) is 11.8 Å². The van der Waals surface area contributed by atoms with Crippen molar-refractivity contribution in [1.82, 2.24) is 0 Å². The molecule has 0 aromatic carbocycles. The summed E-state index contributed by atoms with van der Waals surface area (Å²) >= 11 is 0.880. The molecule has 0 heterocycles. The van der Waals surface area contributed by atoms with Gasteiger partial charge in [-0.25, -0.2) is 0 Å². The largest absolute Gasteiger partial charge is 0.480 e. The summed E-state index contributed by atoms with van der Waals surface area (Å²) < 4.78 is 14.3. The number of nitrogens with two attached hydrogens (primary N) is 1. The van der Waals surface area contributed by atoms with Gasteiger partial charge in [-0.15, -0.1) is 0 Å². The van der Waals surface area contributed by atoms with Gasteiger partial charge in [-0.2, -0.15) is 11.8 Å². The van der Waals surface area contributed by atoms with Crippen LogP contribution in [0.3, 0.4) is 0 Å².